The lowest BCUT2D eigenvalue weighted by molar-refractivity contribution is 0.276. The quantitative estimate of drug-likeness (QED) is 0.840. The Morgan fingerprint density at radius 2 is 2.15 bits per heavy atom. The highest BCUT2D eigenvalue weighted by Gasteiger charge is 2.04. The molecular weight excluding hydrogens is 300 g/mol. The van der Waals surface area contributed by atoms with Crippen molar-refractivity contribution in [1.82, 2.24) is 0 Å². The molecular formula is C9H13ClINO. The zero-order chi connectivity index (χ0) is 8.97. The zero-order valence-electron chi connectivity index (χ0n) is 7.11. The van der Waals surface area contributed by atoms with Gasteiger partial charge in [-0.15, -0.1) is 12.4 Å². The van der Waals surface area contributed by atoms with Gasteiger partial charge in [-0.3, -0.25) is 0 Å². The Morgan fingerprint density at radius 3 is 2.69 bits per heavy atom. The van der Waals surface area contributed by atoms with Crippen LogP contribution in [-0.4, -0.2) is 11.7 Å². The topological polar surface area (TPSA) is 46.2 Å². The van der Waals surface area contributed by atoms with Crippen LogP contribution in [0.5, 0.6) is 0 Å². The van der Waals surface area contributed by atoms with Crippen molar-refractivity contribution in [2.24, 2.45) is 5.73 Å². The van der Waals surface area contributed by atoms with Crippen molar-refractivity contribution in [3.05, 3.63) is 33.4 Å². The Kier molecular flexibility index (Phi) is 6.67. The third-order valence-corrected chi connectivity index (χ3v) is 2.39. The molecule has 0 saturated carbocycles. The number of nitrogens with two attached hydrogens (primary N) is 1. The molecule has 0 saturated heterocycles. The van der Waals surface area contributed by atoms with Crippen molar-refractivity contribution in [3.63, 3.8) is 0 Å². The maximum Gasteiger partial charge on any atom is 0.0449 e. The SMILES string of the molecule is Cl.NC(CCO)c1cccc(I)c1. The summed E-state index contributed by atoms with van der Waals surface area (Å²) < 4.78 is 1.18. The monoisotopic (exact) mass is 313 g/mol. The summed E-state index contributed by atoms with van der Waals surface area (Å²) in [6, 6.07) is 8.00. The van der Waals surface area contributed by atoms with Gasteiger partial charge in [-0.2, -0.15) is 0 Å². The van der Waals surface area contributed by atoms with Crippen molar-refractivity contribution in [2.75, 3.05) is 6.61 Å². The van der Waals surface area contributed by atoms with E-state index in [1.165, 1.54) is 3.57 Å². The van der Waals surface area contributed by atoms with Gasteiger partial charge < -0.3 is 10.8 Å². The van der Waals surface area contributed by atoms with Crippen LogP contribution < -0.4 is 5.73 Å². The number of aliphatic hydroxyl groups excluding tert-OH is 1. The van der Waals surface area contributed by atoms with Crippen LogP contribution in [0.15, 0.2) is 24.3 Å². The molecule has 0 fully saturated rings. The van der Waals surface area contributed by atoms with E-state index >= 15 is 0 Å². The van der Waals surface area contributed by atoms with Crippen LogP contribution in [0.2, 0.25) is 0 Å². The van der Waals surface area contributed by atoms with Crippen LogP contribution in [0.1, 0.15) is 18.0 Å². The summed E-state index contributed by atoms with van der Waals surface area (Å²) in [5.41, 5.74) is 6.90. The first-order chi connectivity index (χ1) is 5.74. The third kappa shape index (κ3) is 4.26. The molecule has 0 spiro atoms. The van der Waals surface area contributed by atoms with Gasteiger partial charge in [0, 0.05) is 16.2 Å². The molecule has 1 unspecified atom stereocenters. The highest BCUT2D eigenvalue weighted by atomic mass is 127. The van der Waals surface area contributed by atoms with Gasteiger partial charge in [0.05, 0.1) is 0 Å². The minimum absolute atomic E-state index is 0. The predicted molar refractivity (Wildman–Crippen MR) is 65.0 cm³/mol. The van der Waals surface area contributed by atoms with Crippen molar-refractivity contribution in [1.29, 1.82) is 0 Å². The Bertz CT molecular complexity index is 257. The fraction of sp³-hybridized carbons (Fsp3) is 0.333. The molecule has 0 radical (unpaired) electrons. The maximum absolute atomic E-state index is 8.69. The Hall–Kier alpha value is 0.160. The van der Waals surface area contributed by atoms with Gasteiger partial charge in [0.2, 0.25) is 0 Å². The molecule has 0 amide bonds. The van der Waals surface area contributed by atoms with E-state index in [2.05, 4.69) is 22.6 Å². The van der Waals surface area contributed by atoms with E-state index in [4.69, 9.17) is 10.8 Å². The van der Waals surface area contributed by atoms with Crippen molar-refractivity contribution in [2.45, 2.75) is 12.5 Å². The molecule has 13 heavy (non-hydrogen) atoms. The number of rotatable bonds is 3. The Balaban J connectivity index is 0.00000144. The average Bonchev–Trinajstić information content (AvgIpc) is 2.05. The summed E-state index contributed by atoms with van der Waals surface area (Å²) in [7, 11) is 0. The van der Waals surface area contributed by atoms with E-state index in [0.29, 0.717) is 6.42 Å². The summed E-state index contributed by atoms with van der Waals surface area (Å²) in [6.07, 6.45) is 0.625. The molecule has 0 bridgehead atoms. The molecule has 0 aliphatic heterocycles. The van der Waals surface area contributed by atoms with Crippen LogP contribution in [0.4, 0.5) is 0 Å². The van der Waals surface area contributed by atoms with Crippen LogP contribution >= 0.6 is 35.0 Å². The number of hydrogen-bond acceptors (Lipinski definition) is 2. The van der Waals surface area contributed by atoms with Gasteiger partial charge in [0.25, 0.3) is 0 Å². The lowest BCUT2D eigenvalue weighted by atomic mass is 10.1. The second kappa shape index (κ2) is 6.59. The number of benzene rings is 1. The minimum Gasteiger partial charge on any atom is -0.396 e. The second-order valence-corrected chi connectivity index (χ2v) is 3.92. The number of hydrogen-bond donors (Lipinski definition) is 2. The fourth-order valence-corrected chi connectivity index (χ4v) is 1.61. The molecule has 0 aromatic heterocycles. The summed E-state index contributed by atoms with van der Waals surface area (Å²) >= 11 is 2.25. The van der Waals surface area contributed by atoms with Gasteiger partial charge in [-0.05, 0) is 46.7 Å². The zero-order valence-corrected chi connectivity index (χ0v) is 10.1. The molecule has 0 heterocycles. The van der Waals surface area contributed by atoms with Crippen molar-refractivity contribution in [3.8, 4) is 0 Å². The van der Waals surface area contributed by atoms with E-state index in [0.717, 1.165) is 5.56 Å². The molecule has 3 N–H and O–H groups in total. The van der Waals surface area contributed by atoms with Gasteiger partial charge in [-0.1, -0.05) is 12.1 Å². The molecule has 74 valence electrons. The highest BCUT2D eigenvalue weighted by Crippen LogP contribution is 2.15. The molecule has 4 heteroatoms. The van der Waals surface area contributed by atoms with E-state index in [-0.39, 0.29) is 25.1 Å². The molecule has 1 aromatic carbocycles. The molecule has 2 nitrogen and oxygen atoms in total. The molecule has 1 aromatic rings. The lowest BCUT2D eigenvalue weighted by Crippen LogP contribution is -2.11. The highest BCUT2D eigenvalue weighted by molar-refractivity contribution is 14.1. The maximum atomic E-state index is 8.69. The summed E-state index contributed by atoms with van der Waals surface area (Å²) in [5.74, 6) is 0. The van der Waals surface area contributed by atoms with E-state index in [9.17, 15) is 0 Å². The van der Waals surface area contributed by atoms with Gasteiger partial charge >= 0.3 is 0 Å². The molecule has 1 rings (SSSR count). The molecule has 0 aliphatic carbocycles. The molecule has 1 atom stereocenters. The summed E-state index contributed by atoms with van der Waals surface area (Å²) in [5, 5.41) is 8.69. The second-order valence-electron chi connectivity index (χ2n) is 2.67. The minimum atomic E-state index is -0.0373. The standard InChI is InChI=1S/C9H12INO.ClH/c10-8-3-1-2-7(6-8)9(11)4-5-12;/h1-3,6,9,12H,4-5,11H2;1H. The smallest absolute Gasteiger partial charge is 0.0449 e. The Labute approximate surface area is 98.1 Å². The van der Waals surface area contributed by atoms with Crippen LogP contribution in [-0.2, 0) is 0 Å². The largest absolute Gasteiger partial charge is 0.396 e. The number of halogens is 2. The first-order valence-electron chi connectivity index (χ1n) is 3.86. The number of aliphatic hydroxyl groups is 1. The first kappa shape index (κ1) is 13.2. The van der Waals surface area contributed by atoms with Crippen LogP contribution in [0, 0.1) is 3.57 Å². The third-order valence-electron chi connectivity index (χ3n) is 1.72. The van der Waals surface area contributed by atoms with Crippen LogP contribution in [0.3, 0.4) is 0 Å². The van der Waals surface area contributed by atoms with Gasteiger partial charge in [0.15, 0.2) is 0 Å². The average molecular weight is 314 g/mol. The Morgan fingerprint density at radius 1 is 1.46 bits per heavy atom. The van der Waals surface area contributed by atoms with Gasteiger partial charge in [-0.25, -0.2) is 0 Å². The van der Waals surface area contributed by atoms with E-state index in [1.54, 1.807) is 0 Å². The van der Waals surface area contributed by atoms with E-state index < -0.39 is 0 Å². The van der Waals surface area contributed by atoms with Crippen molar-refractivity contribution < 1.29 is 5.11 Å². The molecule has 0 aliphatic rings. The first-order valence-corrected chi connectivity index (χ1v) is 4.94. The fourth-order valence-electron chi connectivity index (χ4n) is 1.04. The van der Waals surface area contributed by atoms with Gasteiger partial charge in [0.1, 0.15) is 0 Å². The summed E-state index contributed by atoms with van der Waals surface area (Å²) in [4.78, 5) is 0. The summed E-state index contributed by atoms with van der Waals surface area (Å²) in [6.45, 7) is 0.145. The lowest BCUT2D eigenvalue weighted by Gasteiger charge is -2.09. The van der Waals surface area contributed by atoms with Crippen molar-refractivity contribution >= 4 is 35.0 Å². The van der Waals surface area contributed by atoms with E-state index in [1.807, 2.05) is 24.3 Å². The normalized spacial score (nSPS) is 11.9. The predicted octanol–water partition coefficient (Wildman–Crippen LogP) is 2.10. The van der Waals surface area contributed by atoms with Crippen LogP contribution in [0.25, 0.3) is 0 Å².